The van der Waals surface area contributed by atoms with Crippen molar-refractivity contribution in [1.29, 1.82) is 0 Å². The first-order chi connectivity index (χ1) is 63.3. The number of likely N-dealkylation sites (N-methyl/N-ethyl adjacent to an activating group) is 1. The van der Waals surface area contributed by atoms with Gasteiger partial charge in [-0.25, -0.2) is 4.39 Å². The molecule has 5 aromatic heterocycles. The molecule has 0 saturated carbocycles. The van der Waals surface area contributed by atoms with Gasteiger partial charge in [-0.1, -0.05) is 155 Å². The van der Waals surface area contributed by atoms with Crippen molar-refractivity contribution >= 4 is 105 Å². The average Bonchev–Trinajstić information content (AvgIpc) is 0.839. The zero-order valence-electron chi connectivity index (χ0n) is 75.4. The topological polar surface area (TPSA) is 416 Å². The number of aromatic nitrogens is 15. The van der Waals surface area contributed by atoms with Crippen molar-refractivity contribution in [2.24, 2.45) is 0 Å². The quantitative estimate of drug-likeness (QED) is 0.0241. The maximum Gasteiger partial charge on any atom is 0.232 e. The maximum absolute atomic E-state index is 13.3. The van der Waals surface area contributed by atoms with E-state index in [0.29, 0.717) is 103 Å². The monoisotopic (exact) mass is 1780 g/mol. The highest BCUT2D eigenvalue weighted by Crippen LogP contribution is 2.28. The average molecular weight is 1790 g/mol. The second kappa shape index (κ2) is 46.6. The summed E-state index contributed by atoms with van der Waals surface area (Å²) in [6, 6.07) is 71.1. The molecule has 35 heteroatoms. The Morgan fingerprint density at radius 3 is 1.21 bits per heavy atom. The molecule has 0 spiro atoms. The van der Waals surface area contributed by atoms with Crippen LogP contribution in [0.3, 0.4) is 0 Å². The number of aryl methyl sites for hydroxylation is 5. The van der Waals surface area contributed by atoms with Crippen molar-refractivity contribution < 1.29 is 9.13 Å². The SMILES string of the molecule is CN(Cc1cccc(F)c1)Cc1nc(N)nc(Nc2ccc(Cl)cc2)n1.COc1cccc(N2CCN(Cc3nc(N)nc(Nc4ccc(C)cc4)n3)CC2)c1.Cc1ccc(CN(C)Cc2nc(N)nc(Nc3ccccc3C)n2)cc1.Cc1ccc(Nc2nc(N)nc(CN3CCN(C)CC3)n2)cc1.Cc1ccc(Nc2nc(N)nc(CN3CCc4ccccc4C3)n2)cc1. The Balaban J connectivity index is 0.000000140. The molecule has 3 aliphatic heterocycles. The largest absolute Gasteiger partial charge is 0.497 e. The Labute approximate surface area is 769 Å². The van der Waals surface area contributed by atoms with E-state index in [1.165, 1.54) is 56.8 Å². The molecule has 15 N–H and O–H groups in total. The molecule has 0 unspecified atom stereocenters. The second-order valence-corrected chi connectivity index (χ2v) is 32.9. The number of nitrogens with zero attached hydrogens (tertiary/aromatic N) is 22. The molecule has 33 nitrogen and oxygen atoms in total. The van der Waals surface area contributed by atoms with Gasteiger partial charge in [0, 0.05) is 124 Å². The number of fused-ring (bicyclic) bond motifs is 1. The van der Waals surface area contributed by atoms with Gasteiger partial charge in [-0.2, -0.15) is 74.8 Å². The molecule has 0 radical (unpaired) electrons. The Morgan fingerprint density at radius 1 is 0.366 bits per heavy atom. The van der Waals surface area contributed by atoms with Crippen molar-refractivity contribution in [3.63, 3.8) is 0 Å². The van der Waals surface area contributed by atoms with E-state index in [9.17, 15) is 4.39 Å². The number of hydrogen-bond acceptors (Lipinski definition) is 33. The van der Waals surface area contributed by atoms with E-state index in [0.717, 1.165) is 124 Å². The lowest BCUT2D eigenvalue weighted by molar-refractivity contribution is 0.145. The molecule has 0 atom stereocenters. The molecule has 0 amide bonds. The molecule has 678 valence electrons. The van der Waals surface area contributed by atoms with Crippen LogP contribution in [-0.2, 0) is 58.8 Å². The number of methoxy groups -OCH3 is 1. The molecular formula is C96H114ClFN32O. The van der Waals surface area contributed by atoms with Crippen LogP contribution in [0, 0.1) is 40.4 Å². The maximum atomic E-state index is 13.3. The molecule has 131 heavy (non-hydrogen) atoms. The van der Waals surface area contributed by atoms with Crippen molar-refractivity contribution in [2.45, 2.75) is 93.4 Å². The number of rotatable bonds is 26. The molecule has 9 aromatic carbocycles. The summed E-state index contributed by atoms with van der Waals surface area (Å²) in [5, 5.41) is 16.5. The number of ether oxygens (including phenoxy) is 1. The summed E-state index contributed by atoms with van der Waals surface area (Å²) in [6.45, 7) is 24.4. The van der Waals surface area contributed by atoms with Crippen LogP contribution in [0.2, 0.25) is 5.02 Å². The number of para-hydroxylation sites is 1. The van der Waals surface area contributed by atoms with Gasteiger partial charge in [-0.15, -0.1) is 0 Å². The summed E-state index contributed by atoms with van der Waals surface area (Å²) in [4.78, 5) is 80.6. The summed E-state index contributed by atoms with van der Waals surface area (Å²) in [6.07, 6.45) is 1.05. The van der Waals surface area contributed by atoms with E-state index in [-0.39, 0.29) is 35.6 Å². The fourth-order valence-electron chi connectivity index (χ4n) is 14.4. The lowest BCUT2D eigenvalue weighted by Crippen LogP contribution is -2.46. The number of hydrogen-bond donors (Lipinski definition) is 10. The standard InChI is InChI=1S/C22H27N7O.C20H22N6.C20H24N6.C18H18ClFN6.C16H23N7/c1-16-6-8-17(9-7-16)24-22-26-20(25-21(23)27-22)15-28-10-12-29(13-11-28)18-4-3-5-19(14-18)30-2;1-14-6-8-17(9-7-14)22-20-24-18(23-19(21)25-20)13-26-11-10-15-4-2-3-5-16(15)12-26;1-14-8-10-16(11-9-14)12-26(3)13-18-23-19(21)25-20(24-18)22-17-7-5-4-6-15(17)2;1-26(10-12-3-2-4-14(20)9-12)11-16-23-17(21)25-18(24-16)22-15-7-5-13(19)6-8-15;1-12-3-5-13(6-4-12)18-16-20-14(19-15(17)21-16)11-23-9-7-22(2)8-10-23/h3-9,14H,10-13,15H2,1-2H3,(H3,23,24,25,26,27);2-9H,10-13H2,1H3,(H3,21,22,23,24,25);4-11H,12-13H2,1-3H3,(H3,21,22,23,24,25);2-9H,10-11H2,1H3,(H3,21,22,23,24,25);3-6H,7-11H2,1-2H3,(H3,17,18,19,20,21). The number of nitrogen functional groups attached to an aromatic ring is 5. The minimum atomic E-state index is -0.255. The van der Waals surface area contributed by atoms with E-state index in [1.54, 1.807) is 25.3 Å². The van der Waals surface area contributed by atoms with E-state index in [4.69, 9.17) is 45.0 Å². The minimum absolute atomic E-state index is 0.130. The normalized spacial score (nSPS) is 13.3. The molecule has 0 bridgehead atoms. The Morgan fingerprint density at radius 2 is 0.756 bits per heavy atom. The zero-order valence-corrected chi connectivity index (χ0v) is 76.2. The first-order valence-electron chi connectivity index (χ1n) is 43.2. The van der Waals surface area contributed by atoms with Crippen LogP contribution in [0.4, 0.5) is 98.0 Å². The molecular weight excluding hydrogens is 1670 g/mol. The van der Waals surface area contributed by atoms with Crippen molar-refractivity contribution in [2.75, 3.05) is 147 Å². The first kappa shape index (κ1) is 94.2. The van der Waals surface area contributed by atoms with Crippen LogP contribution in [0.15, 0.2) is 218 Å². The van der Waals surface area contributed by atoms with Gasteiger partial charge in [0.15, 0.2) is 0 Å². The summed E-state index contributed by atoms with van der Waals surface area (Å²) in [5.41, 5.74) is 46.0. The van der Waals surface area contributed by atoms with Crippen LogP contribution in [-0.4, -0.2) is 191 Å². The smallest absolute Gasteiger partial charge is 0.232 e. The molecule has 3 aliphatic rings. The molecule has 2 saturated heterocycles. The van der Waals surface area contributed by atoms with Gasteiger partial charge in [0.25, 0.3) is 0 Å². The van der Waals surface area contributed by atoms with Gasteiger partial charge in [0.2, 0.25) is 59.5 Å². The lowest BCUT2D eigenvalue weighted by atomic mass is 10.00. The van der Waals surface area contributed by atoms with E-state index < -0.39 is 0 Å². The predicted octanol–water partition coefficient (Wildman–Crippen LogP) is 14.2. The van der Waals surface area contributed by atoms with Crippen molar-refractivity contribution in [1.82, 2.24) is 104 Å². The van der Waals surface area contributed by atoms with Crippen LogP contribution in [0.1, 0.15) is 79.2 Å². The molecule has 17 rings (SSSR count). The van der Waals surface area contributed by atoms with Crippen molar-refractivity contribution in [3.8, 4) is 5.75 Å². The molecule has 0 aliphatic carbocycles. The molecule has 8 heterocycles. The Bertz CT molecular complexity index is 6000. The Kier molecular flexibility index (Phi) is 33.5. The first-order valence-corrected chi connectivity index (χ1v) is 43.5. The number of halogens is 2. The van der Waals surface area contributed by atoms with E-state index in [1.807, 2.05) is 153 Å². The summed E-state index contributed by atoms with van der Waals surface area (Å²) in [7, 11) is 7.77. The van der Waals surface area contributed by atoms with Crippen LogP contribution >= 0.6 is 11.6 Å². The van der Waals surface area contributed by atoms with Gasteiger partial charge < -0.3 is 69.8 Å². The number of nitrogens with two attached hydrogens (primary N) is 5. The summed E-state index contributed by atoms with van der Waals surface area (Å²) >= 11 is 5.88. The highest BCUT2D eigenvalue weighted by atomic mass is 35.5. The molecule has 14 aromatic rings. The minimum Gasteiger partial charge on any atom is -0.497 e. The lowest BCUT2D eigenvalue weighted by Gasteiger charge is -2.35. The number of anilines is 16. The zero-order chi connectivity index (χ0) is 92.1. The number of nitrogens with one attached hydrogen (secondary N) is 5. The predicted molar refractivity (Wildman–Crippen MR) is 519 cm³/mol. The highest BCUT2D eigenvalue weighted by molar-refractivity contribution is 6.30. The third-order valence-corrected chi connectivity index (χ3v) is 21.6. The van der Waals surface area contributed by atoms with Gasteiger partial charge in [-0.3, -0.25) is 24.5 Å². The van der Waals surface area contributed by atoms with Gasteiger partial charge in [-0.05, 0) is 181 Å². The van der Waals surface area contributed by atoms with Crippen LogP contribution in [0.25, 0.3) is 0 Å². The second-order valence-electron chi connectivity index (χ2n) is 32.4. The van der Waals surface area contributed by atoms with E-state index >= 15 is 0 Å². The fourth-order valence-corrected chi connectivity index (χ4v) is 14.6. The number of benzene rings is 9. The van der Waals surface area contributed by atoms with Gasteiger partial charge in [0.05, 0.1) is 39.8 Å². The number of piperazine rings is 2. The third-order valence-electron chi connectivity index (χ3n) is 21.3. The van der Waals surface area contributed by atoms with Crippen LogP contribution < -0.4 is 64.9 Å². The third kappa shape index (κ3) is 30.7. The van der Waals surface area contributed by atoms with E-state index in [2.05, 4.69) is 226 Å². The highest BCUT2D eigenvalue weighted by Gasteiger charge is 2.23. The Hall–Kier alpha value is -14.4. The van der Waals surface area contributed by atoms with Crippen molar-refractivity contribution in [3.05, 3.63) is 308 Å². The summed E-state index contributed by atoms with van der Waals surface area (Å²) < 4.78 is 18.6. The van der Waals surface area contributed by atoms with Crippen LogP contribution in [0.5, 0.6) is 5.75 Å². The molecule has 2 fully saturated rings. The van der Waals surface area contributed by atoms with Gasteiger partial charge >= 0.3 is 0 Å². The fraction of sp³-hybridized carbons (Fsp3) is 0.281. The van der Waals surface area contributed by atoms with Gasteiger partial charge in [0.1, 0.15) is 40.7 Å². The summed E-state index contributed by atoms with van der Waals surface area (Å²) in [5.74, 6) is 7.17.